The first-order valence-corrected chi connectivity index (χ1v) is 9.12. The monoisotopic (exact) mass is 384 g/mol. The number of carbonyl (C=O) groups excluding carboxylic acids is 1. The van der Waals surface area contributed by atoms with Crippen LogP contribution in [-0.4, -0.2) is 45.2 Å². The van der Waals surface area contributed by atoms with Gasteiger partial charge in [-0.1, -0.05) is 6.92 Å². The zero-order valence-electron chi connectivity index (χ0n) is 16.6. The number of methoxy groups -OCH3 is 2. The van der Waals surface area contributed by atoms with Crippen LogP contribution in [0.1, 0.15) is 37.3 Å². The highest BCUT2D eigenvalue weighted by Gasteiger charge is 2.23. The fourth-order valence-corrected chi connectivity index (χ4v) is 3.55. The van der Waals surface area contributed by atoms with Gasteiger partial charge in [0.15, 0.2) is 11.5 Å². The van der Waals surface area contributed by atoms with E-state index in [-0.39, 0.29) is 18.3 Å². The van der Waals surface area contributed by atoms with Crippen LogP contribution in [0.5, 0.6) is 11.5 Å². The summed E-state index contributed by atoms with van der Waals surface area (Å²) < 4.78 is 10.7. The number of amides is 1. The zero-order valence-corrected chi connectivity index (χ0v) is 17.4. The van der Waals surface area contributed by atoms with Crippen LogP contribution in [0.2, 0.25) is 0 Å². The summed E-state index contributed by atoms with van der Waals surface area (Å²) in [5.41, 5.74) is 2.19. The van der Waals surface area contributed by atoms with Crippen molar-refractivity contribution in [3.8, 4) is 11.5 Å². The van der Waals surface area contributed by atoms with Crippen molar-refractivity contribution in [2.75, 3.05) is 34.4 Å². The summed E-state index contributed by atoms with van der Waals surface area (Å²) in [6.07, 6.45) is 2.97. The molecule has 1 aromatic carbocycles. The van der Waals surface area contributed by atoms with E-state index in [9.17, 15) is 4.79 Å². The van der Waals surface area contributed by atoms with Crippen LogP contribution in [0, 0.1) is 18.8 Å². The first kappa shape index (κ1) is 22.6. The Balaban J connectivity index is 0.00000338. The quantitative estimate of drug-likeness (QED) is 0.782. The summed E-state index contributed by atoms with van der Waals surface area (Å²) in [6.45, 7) is 6.98. The van der Waals surface area contributed by atoms with Crippen LogP contribution < -0.4 is 14.8 Å². The van der Waals surface area contributed by atoms with Gasteiger partial charge in [-0.3, -0.25) is 4.79 Å². The van der Waals surface area contributed by atoms with Gasteiger partial charge in [0.2, 0.25) is 5.91 Å². The molecule has 0 aliphatic carbocycles. The molecule has 0 aromatic heterocycles. The van der Waals surface area contributed by atoms with Crippen LogP contribution in [0.4, 0.5) is 0 Å². The number of rotatable bonds is 7. The van der Waals surface area contributed by atoms with E-state index in [2.05, 4.69) is 12.2 Å². The van der Waals surface area contributed by atoms with Gasteiger partial charge in [0.05, 0.1) is 14.2 Å². The molecule has 5 nitrogen and oxygen atoms in total. The molecule has 1 heterocycles. The number of piperidine rings is 1. The minimum atomic E-state index is 0. The molecular weight excluding hydrogens is 352 g/mol. The van der Waals surface area contributed by atoms with Gasteiger partial charge in [0.1, 0.15) is 0 Å². The van der Waals surface area contributed by atoms with Crippen molar-refractivity contribution in [3.05, 3.63) is 23.3 Å². The molecule has 0 saturated carbocycles. The summed E-state index contributed by atoms with van der Waals surface area (Å²) in [6, 6.07) is 3.93. The van der Waals surface area contributed by atoms with Crippen LogP contribution in [-0.2, 0) is 11.3 Å². The summed E-state index contributed by atoms with van der Waals surface area (Å²) >= 11 is 0. The Labute approximate surface area is 163 Å². The third-order valence-electron chi connectivity index (χ3n) is 5.36. The summed E-state index contributed by atoms with van der Waals surface area (Å²) in [7, 11) is 5.15. The number of ether oxygens (including phenoxy) is 2. The summed E-state index contributed by atoms with van der Waals surface area (Å²) in [5.74, 6) is 2.72. The van der Waals surface area contributed by atoms with Gasteiger partial charge < -0.3 is 19.7 Å². The lowest BCUT2D eigenvalue weighted by Crippen LogP contribution is -2.34. The molecule has 1 aliphatic heterocycles. The number of hydrogen-bond donors (Lipinski definition) is 1. The highest BCUT2D eigenvalue weighted by Crippen LogP contribution is 2.31. The number of aryl methyl sites for hydroxylation is 1. The molecule has 0 bridgehead atoms. The van der Waals surface area contributed by atoms with Gasteiger partial charge in [-0.25, -0.2) is 0 Å². The Morgan fingerprint density at radius 3 is 2.38 bits per heavy atom. The fourth-order valence-electron chi connectivity index (χ4n) is 3.55. The average Bonchev–Trinajstić information content (AvgIpc) is 2.63. The average molecular weight is 385 g/mol. The second kappa shape index (κ2) is 10.6. The van der Waals surface area contributed by atoms with E-state index in [0.29, 0.717) is 30.6 Å². The predicted molar refractivity (Wildman–Crippen MR) is 107 cm³/mol. The van der Waals surface area contributed by atoms with Gasteiger partial charge in [-0.15, -0.1) is 12.4 Å². The molecule has 1 atom stereocenters. The molecule has 1 N–H and O–H groups in total. The second-order valence-corrected chi connectivity index (χ2v) is 7.15. The van der Waals surface area contributed by atoms with E-state index in [1.807, 2.05) is 31.0 Å². The van der Waals surface area contributed by atoms with Crippen LogP contribution in [0.15, 0.2) is 12.1 Å². The molecule has 6 heteroatoms. The Morgan fingerprint density at radius 2 is 1.81 bits per heavy atom. The highest BCUT2D eigenvalue weighted by molar-refractivity contribution is 5.85. The van der Waals surface area contributed by atoms with Crippen molar-refractivity contribution >= 4 is 18.3 Å². The standard InChI is InChI=1S/C20H32N2O3.ClH/c1-14-10-18(24-4)19(25-5)12-17(14)13-22(3)20(23)11-15(2)16-6-8-21-9-7-16;/h10,12,15-16,21H,6-9,11,13H2,1-5H3;1H. The van der Waals surface area contributed by atoms with Crippen molar-refractivity contribution in [2.45, 2.75) is 39.7 Å². The van der Waals surface area contributed by atoms with E-state index in [1.165, 1.54) is 12.8 Å². The summed E-state index contributed by atoms with van der Waals surface area (Å²) in [5, 5.41) is 3.39. The Hall–Kier alpha value is -1.46. The molecule has 1 aromatic rings. The Bertz CT molecular complexity index is 589. The van der Waals surface area contributed by atoms with Gasteiger partial charge in [0, 0.05) is 20.0 Å². The second-order valence-electron chi connectivity index (χ2n) is 7.15. The van der Waals surface area contributed by atoms with Gasteiger partial charge in [-0.05, 0) is 68.0 Å². The normalized spacial score (nSPS) is 15.7. The van der Waals surface area contributed by atoms with Crippen molar-refractivity contribution < 1.29 is 14.3 Å². The predicted octanol–water partition coefficient (Wildman–Crippen LogP) is 3.42. The lowest BCUT2D eigenvalue weighted by Gasteiger charge is -2.29. The van der Waals surface area contributed by atoms with Crippen molar-refractivity contribution in [1.82, 2.24) is 10.2 Å². The SMILES string of the molecule is COc1cc(C)c(CN(C)C(=O)CC(C)C2CCNCC2)cc1OC.Cl. The minimum absolute atomic E-state index is 0. The van der Waals surface area contributed by atoms with E-state index in [4.69, 9.17) is 9.47 Å². The third-order valence-corrected chi connectivity index (χ3v) is 5.36. The number of carbonyl (C=O) groups is 1. The molecule has 26 heavy (non-hydrogen) atoms. The van der Waals surface area contributed by atoms with Crippen LogP contribution >= 0.6 is 12.4 Å². The Kier molecular flexibility index (Phi) is 9.23. The number of nitrogens with zero attached hydrogens (tertiary/aromatic N) is 1. The smallest absolute Gasteiger partial charge is 0.222 e. The molecule has 1 aliphatic rings. The van der Waals surface area contributed by atoms with E-state index in [0.717, 1.165) is 30.0 Å². The van der Waals surface area contributed by atoms with Crippen LogP contribution in [0.3, 0.4) is 0 Å². The van der Waals surface area contributed by atoms with Crippen LogP contribution in [0.25, 0.3) is 0 Å². The minimum Gasteiger partial charge on any atom is -0.493 e. The fraction of sp³-hybridized carbons (Fsp3) is 0.650. The molecule has 1 fully saturated rings. The van der Waals surface area contributed by atoms with Gasteiger partial charge in [-0.2, -0.15) is 0 Å². The molecule has 1 amide bonds. The van der Waals surface area contributed by atoms with Gasteiger partial charge in [0.25, 0.3) is 0 Å². The van der Waals surface area contributed by atoms with E-state index < -0.39 is 0 Å². The lowest BCUT2D eigenvalue weighted by molar-refractivity contribution is -0.131. The summed E-state index contributed by atoms with van der Waals surface area (Å²) in [4.78, 5) is 14.5. The molecule has 1 unspecified atom stereocenters. The lowest BCUT2D eigenvalue weighted by atomic mass is 9.84. The topological polar surface area (TPSA) is 50.8 Å². The molecular formula is C20H33ClN2O3. The van der Waals surface area contributed by atoms with Gasteiger partial charge >= 0.3 is 0 Å². The maximum absolute atomic E-state index is 12.6. The van der Waals surface area contributed by atoms with E-state index in [1.54, 1.807) is 14.2 Å². The number of hydrogen-bond acceptors (Lipinski definition) is 4. The maximum atomic E-state index is 12.6. The number of nitrogens with one attached hydrogen (secondary N) is 1. The largest absolute Gasteiger partial charge is 0.493 e. The molecule has 1 saturated heterocycles. The third kappa shape index (κ3) is 5.78. The van der Waals surface area contributed by atoms with E-state index >= 15 is 0 Å². The van der Waals surface area contributed by atoms with Crippen molar-refractivity contribution in [1.29, 1.82) is 0 Å². The first-order valence-electron chi connectivity index (χ1n) is 9.12. The number of benzene rings is 1. The van der Waals surface area contributed by atoms with Crippen molar-refractivity contribution in [2.24, 2.45) is 11.8 Å². The maximum Gasteiger partial charge on any atom is 0.222 e. The Morgan fingerprint density at radius 1 is 1.23 bits per heavy atom. The first-order chi connectivity index (χ1) is 12.0. The van der Waals surface area contributed by atoms with Crippen molar-refractivity contribution in [3.63, 3.8) is 0 Å². The highest BCUT2D eigenvalue weighted by atomic mass is 35.5. The number of halogens is 1. The molecule has 2 rings (SSSR count). The molecule has 0 radical (unpaired) electrons. The molecule has 0 spiro atoms. The molecule has 148 valence electrons. The zero-order chi connectivity index (χ0) is 18.4.